The van der Waals surface area contributed by atoms with Crippen LogP contribution in [0.1, 0.15) is 32.1 Å². The molecule has 0 bridgehead atoms. The largest absolute Gasteiger partial charge is 0.481 e. The summed E-state index contributed by atoms with van der Waals surface area (Å²) >= 11 is 0. The standard InChI is InChI=1S/C6H14N2O2.C5H9NO4.C2H5NO2/c7-4-2-1-3-5(8)6(9)10;6-3(5(9)10)1-2-4(7)8;3-1-2(4)5/h5H,1-4,7-8H2,(H,9,10);3H,1-2,6H2,(H,7,8)(H,9,10);1,3H2,(H,4,5)/t5-;3-;/m00./s1. The lowest BCUT2D eigenvalue weighted by atomic mass is 10.1. The third-order valence-electron chi connectivity index (χ3n) is 2.45. The molecule has 12 heteroatoms. The molecule has 2 atom stereocenters. The zero-order chi connectivity index (χ0) is 20.4. The summed E-state index contributed by atoms with van der Waals surface area (Å²) in [5, 5.41) is 32.2. The molecule has 0 unspecified atom stereocenters. The van der Waals surface area contributed by atoms with Crippen molar-refractivity contribution in [1.82, 2.24) is 0 Å². The summed E-state index contributed by atoms with van der Waals surface area (Å²) in [6.07, 6.45) is 1.94. The fourth-order valence-electron chi connectivity index (χ4n) is 1.03. The summed E-state index contributed by atoms with van der Waals surface area (Å²) in [4.78, 5) is 39.3. The van der Waals surface area contributed by atoms with Crippen molar-refractivity contribution in [2.75, 3.05) is 13.1 Å². The van der Waals surface area contributed by atoms with Gasteiger partial charge in [0.25, 0.3) is 0 Å². The Kier molecular flexibility index (Phi) is 19.9. The third kappa shape index (κ3) is 26.9. The molecule has 0 spiro atoms. The first-order valence-electron chi connectivity index (χ1n) is 7.30. The molecule has 0 aliphatic carbocycles. The first-order valence-corrected chi connectivity index (χ1v) is 7.30. The molecule has 0 fully saturated rings. The Bertz CT molecular complexity index is 405. The molecule has 0 aliphatic rings. The van der Waals surface area contributed by atoms with E-state index in [0.29, 0.717) is 13.0 Å². The molecule has 0 saturated heterocycles. The van der Waals surface area contributed by atoms with Gasteiger partial charge in [-0.3, -0.25) is 19.2 Å². The molecule has 12 N–H and O–H groups in total. The minimum Gasteiger partial charge on any atom is -0.481 e. The van der Waals surface area contributed by atoms with E-state index in [4.69, 9.17) is 37.6 Å². The maximum absolute atomic E-state index is 10.1. The van der Waals surface area contributed by atoms with Gasteiger partial charge in [0.15, 0.2) is 0 Å². The minimum atomic E-state index is -1.17. The Hall–Kier alpha value is -2.28. The van der Waals surface area contributed by atoms with Crippen molar-refractivity contribution in [3.63, 3.8) is 0 Å². The van der Waals surface area contributed by atoms with Crippen molar-refractivity contribution >= 4 is 23.9 Å². The average Bonchev–Trinajstić information content (AvgIpc) is 2.53. The molecule has 12 nitrogen and oxygen atoms in total. The van der Waals surface area contributed by atoms with E-state index < -0.39 is 36.0 Å². The quantitative estimate of drug-likeness (QED) is 0.191. The molecule has 0 radical (unpaired) electrons. The average molecular weight is 368 g/mol. The smallest absolute Gasteiger partial charge is 0.320 e. The van der Waals surface area contributed by atoms with Gasteiger partial charge < -0.3 is 43.4 Å². The van der Waals surface area contributed by atoms with Crippen LogP contribution in [0.2, 0.25) is 0 Å². The van der Waals surface area contributed by atoms with Gasteiger partial charge in [-0.05, 0) is 25.8 Å². The Balaban J connectivity index is -0.000000308. The summed E-state index contributed by atoms with van der Waals surface area (Å²) in [6, 6.07) is -1.78. The molecular weight excluding hydrogens is 340 g/mol. The highest BCUT2D eigenvalue weighted by Gasteiger charge is 2.12. The molecule has 0 aromatic rings. The van der Waals surface area contributed by atoms with E-state index in [1.807, 2.05) is 0 Å². The van der Waals surface area contributed by atoms with E-state index in [1.165, 1.54) is 0 Å². The highest BCUT2D eigenvalue weighted by Crippen LogP contribution is 1.97. The van der Waals surface area contributed by atoms with Crippen LogP contribution in [0.25, 0.3) is 0 Å². The van der Waals surface area contributed by atoms with Crippen molar-refractivity contribution < 1.29 is 39.6 Å². The van der Waals surface area contributed by atoms with Gasteiger partial charge in [0.1, 0.15) is 12.1 Å². The SMILES string of the molecule is NCC(=O)O.NCCCC[C@H](N)C(=O)O.N[C@@H](CCC(=O)O)C(=O)O. The molecule has 0 saturated carbocycles. The molecule has 0 aromatic heterocycles. The summed E-state index contributed by atoms with van der Waals surface area (Å²) in [7, 11) is 0. The second-order valence-corrected chi connectivity index (χ2v) is 4.70. The van der Waals surface area contributed by atoms with Gasteiger partial charge in [-0.25, -0.2) is 0 Å². The molecule has 0 heterocycles. The van der Waals surface area contributed by atoms with Crippen LogP contribution in [-0.4, -0.2) is 69.5 Å². The van der Waals surface area contributed by atoms with Crippen LogP contribution in [0.4, 0.5) is 0 Å². The van der Waals surface area contributed by atoms with Crippen molar-refractivity contribution in [2.45, 2.75) is 44.2 Å². The fraction of sp³-hybridized carbons (Fsp3) is 0.692. The van der Waals surface area contributed by atoms with Crippen molar-refractivity contribution in [3.05, 3.63) is 0 Å². The van der Waals surface area contributed by atoms with Gasteiger partial charge in [-0.2, -0.15) is 0 Å². The molecule has 0 aromatic carbocycles. The Morgan fingerprint density at radius 1 is 0.720 bits per heavy atom. The van der Waals surface area contributed by atoms with Gasteiger partial charge >= 0.3 is 23.9 Å². The second-order valence-electron chi connectivity index (χ2n) is 4.70. The molecule has 148 valence electrons. The maximum Gasteiger partial charge on any atom is 0.320 e. The predicted octanol–water partition coefficient (Wildman–Crippen LogP) is -2.18. The van der Waals surface area contributed by atoms with Crippen LogP contribution >= 0.6 is 0 Å². The number of carbonyl (C=O) groups is 4. The first-order chi connectivity index (χ1) is 11.5. The number of carboxylic acid groups (broad SMARTS) is 4. The molecule has 25 heavy (non-hydrogen) atoms. The lowest BCUT2D eigenvalue weighted by molar-refractivity contribution is -0.140. The topological polar surface area (TPSA) is 253 Å². The van der Waals surface area contributed by atoms with Crippen molar-refractivity contribution in [2.24, 2.45) is 22.9 Å². The summed E-state index contributed by atoms with van der Waals surface area (Å²) < 4.78 is 0. The van der Waals surface area contributed by atoms with Crippen LogP contribution in [0.15, 0.2) is 0 Å². The third-order valence-corrected chi connectivity index (χ3v) is 2.45. The Morgan fingerprint density at radius 2 is 1.12 bits per heavy atom. The van der Waals surface area contributed by atoms with E-state index in [9.17, 15) is 19.2 Å². The predicted molar refractivity (Wildman–Crippen MR) is 87.7 cm³/mol. The van der Waals surface area contributed by atoms with Gasteiger partial charge in [0.05, 0.1) is 6.54 Å². The Labute approximate surface area is 144 Å². The van der Waals surface area contributed by atoms with E-state index >= 15 is 0 Å². The monoisotopic (exact) mass is 368 g/mol. The van der Waals surface area contributed by atoms with Crippen molar-refractivity contribution in [1.29, 1.82) is 0 Å². The van der Waals surface area contributed by atoms with Gasteiger partial charge in [-0.15, -0.1) is 0 Å². The summed E-state index contributed by atoms with van der Waals surface area (Å²) in [5.41, 5.74) is 20.0. The maximum atomic E-state index is 10.1. The second kappa shape index (κ2) is 18.1. The van der Waals surface area contributed by atoms with Crippen LogP contribution in [0.3, 0.4) is 0 Å². The minimum absolute atomic E-state index is 0.0231. The lowest BCUT2D eigenvalue weighted by Gasteiger charge is -2.03. The van der Waals surface area contributed by atoms with E-state index in [1.54, 1.807) is 0 Å². The zero-order valence-electron chi connectivity index (χ0n) is 13.8. The number of hydrogen-bond donors (Lipinski definition) is 8. The van der Waals surface area contributed by atoms with Gasteiger partial charge in [-0.1, -0.05) is 6.42 Å². The van der Waals surface area contributed by atoms with E-state index in [-0.39, 0.29) is 19.4 Å². The fourth-order valence-corrected chi connectivity index (χ4v) is 1.03. The number of rotatable bonds is 10. The lowest BCUT2D eigenvalue weighted by Crippen LogP contribution is -2.30. The zero-order valence-corrected chi connectivity index (χ0v) is 13.8. The molecule has 0 rings (SSSR count). The molecule has 0 aliphatic heterocycles. The van der Waals surface area contributed by atoms with Crippen molar-refractivity contribution in [3.8, 4) is 0 Å². The number of carboxylic acids is 4. The molecular formula is C13H28N4O8. The van der Waals surface area contributed by atoms with Crippen LogP contribution in [-0.2, 0) is 19.2 Å². The van der Waals surface area contributed by atoms with E-state index in [0.717, 1.165) is 12.8 Å². The van der Waals surface area contributed by atoms with E-state index in [2.05, 4.69) is 5.73 Å². The first kappa shape index (κ1) is 27.6. The number of unbranched alkanes of at least 4 members (excludes halogenated alkanes) is 1. The van der Waals surface area contributed by atoms with Crippen LogP contribution in [0, 0.1) is 0 Å². The number of hydrogen-bond acceptors (Lipinski definition) is 8. The number of nitrogens with two attached hydrogens (primary N) is 4. The summed E-state index contributed by atoms with van der Waals surface area (Å²) in [6.45, 7) is 0.326. The van der Waals surface area contributed by atoms with Crippen LogP contribution < -0.4 is 22.9 Å². The highest BCUT2D eigenvalue weighted by atomic mass is 16.4. The van der Waals surface area contributed by atoms with Crippen LogP contribution in [0.5, 0.6) is 0 Å². The normalized spacial score (nSPS) is 11.7. The van der Waals surface area contributed by atoms with Gasteiger partial charge in [0, 0.05) is 6.42 Å². The Morgan fingerprint density at radius 3 is 1.40 bits per heavy atom. The van der Waals surface area contributed by atoms with Gasteiger partial charge in [0.2, 0.25) is 0 Å². The summed E-state index contributed by atoms with van der Waals surface area (Å²) in [5.74, 6) is -4.10. The molecule has 0 amide bonds. The highest BCUT2D eigenvalue weighted by molar-refractivity contribution is 5.74. The number of aliphatic carboxylic acids is 4.